The van der Waals surface area contributed by atoms with Gasteiger partial charge in [-0.05, 0) is 24.8 Å². The van der Waals surface area contributed by atoms with E-state index in [0.717, 1.165) is 52.1 Å². The molecule has 0 radical (unpaired) electrons. The molecule has 0 spiro atoms. The number of hydrogen-bond acceptors (Lipinski definition) is 3. The highest BCUT2D eigenvalue weighted by Crippen LogP contribution is 2.16. The van der Waals surface area contributed by atoms with Crippen LogP contribution in [0.25, 0.3) is 0 Å². The Balaban J connectivity index is 1.99. The Labute approximate surface area is 111 Å². The highest BCUT2D eigenvalue weighted by atomic mass is 16.1. The zero-order valence-electron chi connectivity index (χ0n) is 12.2. The molecule has 2 N–H and O–H groups in total. The van der Waals surface area contributed by atoms with Crippen molar-refractivity contribution in [3.8, 4) is 0 Å². The molecule has 1 aliphatic rings. The summed E-state index contributed by atoms with van der Waals surface area (Å²) < 4.78 is 0. The first kappa shape index (κ1) is 15.4. The third-order valence-corrected chi connectivity index (χ3v) is 3.28. The first-order valence-corrected chi connectivity index (χ1v) is 7.17. The Kier molecular flexibility index (Phi) is 6.65. The molecular weight excluding hydrogens is 226 g/mol. The summed E-state index contributed by atoms with van der Waals surface area (Å²) in [6, 6.07) is 0. The average molecular weight is 255 g/mol. The largest absolute Gasteiger partial charge is 0.356 e. The fourth-order valence-corrected chi connectivity index (χ4v) is 2.06. The van der Waals surface area contributed by atoms with Gasteiger partial charge >= 0.3 is 0 Å². The van der Waals surface area contributed by atoms with Gasteiger partial charge in [-0.3, -0.25) is 4.79 Å². The van der Waals surface area contributed by atoms with Crippen LogP contribution < -0.4 is 10.6 Å². The molecule has 1 amide bonds. The lowest BCUT2D eigenvalue weighted by molar-refractivity contribution is -0.121. The van der Waals surface area contributed by atoms with Gasteiger partial charge < -0.3 is 15.5 Å². The zero-order chi connectivity index (χ0) is 13.4. The highest BCUT2D eigenvalue weighted by Gasteiger charge is 2.11. The molecule has 0 atom stereocenters. The van der Waals surface area contributed by atoms with Gasteiger partial charge in [0.1, 0.15) is 0 Å². The molecule has 1 saturated heterocycles. The number of rotatable bonds is 6. The zero-order valence-corrected chi connectivity index (χ0v) is 12.2. The van der Waals surface area contributed by atoms with Crippen molar-refractivity contribution in [2.75, 3.05) is 39.3 Å². The Morgan fingerprint density at radius 1 is 1.28 bits per heavy atom. The molecule has 0 aliphatic carbocycles. The molecule has 1 rings (SSSR count). The Bertz CT molecular complexity index is 242. The minimum Gasteiger partial charge on any atom is -0.356 e. The second-order valence-electron chi connectivity index (χ2n) is 6.36. The van der Waals surface area contributed by atoms with E-state index in [1.54, 1.807) is 0 Å². The van der Waals surface area contributed by atoms with Crippen molar-refractivity contribution < 1.29 is 4.79 Å². The first-order chi connectivity index (χ1) is 8.47. The van der Waals surface area contributed by atoms with E-state index < -0.39 is 0 Å². The molecule has 4 heteroatoms. The molecule has 1 fully saturated rings. The Morgan fingerprint density at radius 2 is 1.94 bits per heavy atom. The van der Waals surface area contributed by atoms with E-state index in [0.29, 0.717) is 11.8 Å². The lowest BCUT2D eigenvalue weighted by atomic mass is 9.92. The SMILES string of the molecule is CC(C)(C)CCNC(=O)CCCN1CCNCC1. The number of amides is 1. The average Bonchev–Trinajstić information content (AvgIpc) is 2.28. The summed E-state index contributed by atoms with van der Waals surface area (Å²) in [5.41, 5.74) is 0.300. The van der Waals surface area contributed by atoms with E-state index >= 15 is 0 Å². The molecule has 0 aromatic carbocycles. The maximum atomic E-state index is 11.6. The summed E-state index contributed by atoms with van der Waals surface area (Å²) in [5.74, 6) is 0.203. The predicted octanol–water partition coefficient (Wildman–Crippen LogP) is 1.22. The molecule has 0 unspecified atom stereocenters. The highest BCUT2D eigenvalue weighted by molar-refractivity contribution is 5.75. The molecule has 0 aromatic rings. The summed E-state index contributed by atoms with van der Waals surface area (Å²) in [6.07, 6.45) is 2.67. The van der Waals surface area contributed by atoms with Crippen LogP contribution in [0, 0.1) is 5.41 Å². The minimum absolute atomic E-state index is 0.203. The normalized spacial score (nSPS) is 17.7. The predicted molar refractivity (Wildman–Crippen MR) is 75.6 cm³/mol. The van der Waals surface area contributed by atoms with Crippen molar-refractivity contribution in [1.82, 2.24) is 15.5 Å². The minimum atomic E-state index is 0.203. The van der Waals surface area contributed by atoms with Gasteiger partial charge in [0.05, 0.1) is 0 Å². The Morgan fingerprint density at radius 3 is 2.56 bits per heavy atom. The lowest BCUT2D eigenvalue weighted by Crippen LogP contribution is -2.43. The van der Waals surface area contributed by atoms with Gasteiger partial charge in [-0.15, -0.1) is 0 Å². The summed E-state index contributed by atoms with van der Waals surface area (Å²) in [6.45, 7) is 12.8. The van der Waals surface area contributed by atoms with Gasteiger partial charge in [0.25, 0.3) is 0 Å². The van der Waals surface area contributed by atoms with Crippen LogP contribution in [0.5, 0.6) is 0 Å². The first-order valence-electron chi connectivity index (χ1n) is 7.17. The lowest BCUT2D eigenvalue weighted by Gasteiger charge is -2.26. The van der Waals surface area contributed by atoms with Crippen molar-refractivity contribution in [2.24, 2.45) is 5.41 Å². The summed E-state index contributed by atoms with van der Waals surface area (Å²) in [5, 5.41) is 6.34. The number of nitrogens with zero attached hydrogens (tertiary/aromatic N) is 1. The molecule has 0 bridgehead atoms. The van der Waals surface area contributed by atoms with Crippen LogP contribution in [-0.4, -0.2) is 50.1 Å². The van der Waals surface area contributed by atoms with Crippen molar-refractivity contribution >= 4 is 5.91 Å². The van der Waals surface area contributed by atoms with Crippen LogP contribution in [0.4, 0.5) is 0 Å². The molecule has 1 aliphatic heterocycles. The van der Waals surface area contributed by atoms with Crippen molar-refractivity contribution in [2.45, 2.75) is 40.0 Å². The fraction of sp³-hybridized carbons (Fsp3) is 0.929. The molecule has 18 heavy (non-hydrogen) atoms. The molecule has 106 valence electrons. The van der Waals surface area contributed by atoms with Crippen LogP contribution in [0.2, 0.25) is 0 Å². The van der Waals surface area contributed by atoms with Gasteiger partial charge in [-0.25, -0.2) is 0 Å². The standard InChI is InChI=1S/C14H29N3O/c1-14(2,3)6-7-16-13(18)5-4-10-17-11-8-15-9-12-17/h15H,4-12H2,1-3H3,(H,16,18). The molecule has 0 saturated carbocycles. The van der Waals surface area contributed by atoms with Crippen molar-refractivity contribution in [1.29, 1.82) is 0 Å². The van der Waals surface area contributed by atoms with E-state index in [-0.39, 0.29) is 5.91 Å². The third-order valence-electron chi connectivity index (χ3n) is 3.28. The molecule has 1 heterocycles. The van der Waals surface area contributed by atoms with E-state index in [2.05, 4.69) is 36.3 Å². The molecule has 0 aromatic heterocycles. The summed E-state index contributed by atoms with van der Waals surface area (Å²) >= 11 is 0. The number of carbonyl (C=O) groups excluding carboxylic acids is 1. The van der Waals surface area contributed by atoms with Crippen molar-refractivity contribution in [3.05, 3.63) is 0 Å². The van der Waals surface area contributed by atoms with Crippen molar-refractivity contribution in [3.63, 3.8) is 0 Å². The molecule has 4 nitrogen and oxygen atoms in total. The van der Waals surface area contributed by atoms with Crippen LogP contribution in [0.15, 0.2) is 0 Å². The maximum absolute atomic E-state index is 11.6. The van der Waals surface area contributed by atoms with Gasteiger partial charge in [-0.2, -0.15) is 0 Å². The monoisotopic (exact) mass is 255 g/mol. The van der Waals surface area contributed by atoms with Crippen LogP contribution >= 0.6 is 0 Å². The van der Waals surface area contributed by atoms with E-state index in [9.17, 15) is 4.79 Å². The van der Waals surface area contributed by atoms with E-state index in [1.807, 2.05) is 0 Å². The van der Waals surface area contributed by atoms with Gasteiger partial charge in [-0.1, -0.05) is 20.8 Å². The number of nitrogens with one attached hydrogen (secondary N) is 2. The quantitative estimate of drug-likeness (QED) is 0.750. The third kappa shape index (κ3) is 7.67. The second-order valence-corrected chi connectivity index (χ2v) is 6.36. The molecular formula is C14H29N3O. The maximum Gasteiger partial charge on any atom is 0.220 e. The van der Waals surface area contributed by atoms with Gasteiger partial charge in [0.15, 0.2) is 0 Å². The van der Waals surface area contributed by atoms with E-state index in [1.165, 1.54) is 0 Å². The number of hydrogen-bond donors (Lipinski definition) is 2. The topological polar surface area (TPSA) is 44.4 Å². The summed E-state index contributed by atoms with van der Waals surface area (Å²) in [7, 11) is 0. The smallest absolute Gasteiger partial charge is 0.220 e. The number of carbonyl (C=O) groups is 1. The van der Waals surface area contributed by atoms with Crippen LogP contribution in [0.1, 0.15) is 40.0 Å². The van der Waals surface area contributed by atoms with E-state index in [4.69, 9.17) is 0 Å². The van der Waals surface area contributed by atoms with Gasteiger partial charge in [0.2, 0.25) is 5.91 Å². The summed E-state index contributed by atoms with van der Waals surface area (Å²) in [4.78, 5) is 14.1. The Hall–Kier alpha value is -0.610. The second kappa shape index (κ2) is 7.74. The number of piperazine rings is 1. The van der Waals surface area contributed by atoms with Crippen LogP contribution in [-0.2, 0) is 4.79 Å². The fourth-order valence-electron chi connectivity index (χ4n) is 2.06. The van der Waals surface area contributed by atoms with Crippen LogP contribution in [0.3, 0.4) is 0 Å². The van der Waals surface area contributed by atoms with Gasteiger partial charge in [0, 0.05) is 39.1 Å².